The summed E-state index contributed by atoms with van der Waals surface area (Å²) in [5, 5.41) is 8.83. The largest absolute Gasteiger partial charge is 0.391 e. The molecule has 2 aromatic rings. The van der Waals surface area contributed by atoms with Crippen LogP contribution in [0.3, 0.4) is 0 Å². The van der Waals surface area contributed by atoms with Crippen LogP contribution in [-0.4, -0.2) is 9.67 Å². The first-order valence-corrected chi connectivity index (χ1v) is 4.45. The quantitative estimate of drug-likeness (QED) is 0.806. The molecule has 4 heteroatoms. The molecule has 0 saturated heterocycles. The lowest BCUT2D eigenvalue weighted by Gasteiger charge is -2.08. The van der Waals surface area contributed by atoms with Gasteiger partial charge < -0.3 is 9.67 Å². The van der Waals surface area contributed by atoms with E-state index in [9.17, 15) is 8.78 Å². The number of rotatable bonds is 2. The highest BCUT2D eigenvalue weighted by Crippen LogP contribution is 2.20. The summed E-state index contributed by atoms with van der Waals surface area (Å²) in [6.45, 7) is -0.646. The van der Waals surface area contributed by atoms with E-state index in [4.69, 9.17) is 5.11 Å². The summed E-state index contributed by atoms with van der Waals surface area (Å²) < 4.78 is 28.3. The molecule has 0 atom stereocenters. The van der Waals surface area contributed by atoms with Crippen molar-refractivity contribution in [3.05, 3.63) is 53.9 Å². The number of aliphatic hydroxyl groups excluding tert-OH is 1. The summed E-state index contributed by atoms with van der Waals surface area (Å²) in [6, 6.07) is 5.95. The molecule has 0 aliphatic heterocycles. The molecule has 1 heterocycles. The molecule has 1 aromatic carbocycles. The average Bonchev–Trinajstić information content (AvgIpc) is 2.71. The number of benzene rings is 1. The number of hydrogen-bond donors (Lipinski definition) is 1. The van der Waals surface area contributed by atoms with Crippen molar-refractivity contribution >= 4 is 0 Å². The number of halogens is 2. The lowest BCUT2D eigenvalue weighted by molar-refractivity contribution is 0.268. The monoisotopic (exact) mass is 209 g/mol. The minimum absolute atomic E-state index is 0.227. The molecule has 0 bridgehead atoms. The molecular weight excluding hydrogens is 200 g/mol. The minimum Gasteiger partial charge on any atom is -0.391 e. The molecule has 1 N–H and O–H groups in total. The molecule has 0 amide bonds. The van der Waals surface area contributed by atoms with Crippen LogP contribution < -0.4 is 0 Å². The number of aromatic nitrogens is 1. The summed E-state index contributed by atoms with van der Waals surface area (Å²) in [5.74, 6) is -1.46. The summed E-state index contributed by atoms with van der Waals surface area (Å²) in [6.07, 6.45) is 3.30. The molecule has 0 fully saturated rings. The van der Waals surface area contributed by atoms with Gasteiger partial charge in [0.05, 0.1) is 17.9 Å². The van der Waals surface area contributed by atoms with E-state index in [1.165, 1.54) is 10.6 Å². The molecule has 0 aliphatic carbocycles. The van der Waals surface area contributed by atoms with Crippen molar-refractivity contribution < 1.29 is 13.9 Å². The van der Waals surface area contributed by atoms with Crippen LogP contribution in [0.4, 0.5) is 8.78 Å². The Labute approximate surface area is 85.4 Å². The lowest BCUT2D eigenvalue weighted by Crippen LogP contribution is -2.02. The van der Waals surface area contributed by atoms with E-state index < -0.39 is 18.2 Å². The third-order valence-corrected chi connectivity index (χ3v) is 2.21. The fraction of sp³-hybridized carbons (Fsp3) is 0.0909. The molecule has 0 spiro atoms. The van der Waals surface area contributed by atoms with Gasteiger partial charge in [-0.25, -0.2) is 8.78 Å². The van der Waals surface area contributed by atoms with Crippen molar-refractivity contribution in [2.75, 3.05) is 0 Å². The summed E-state index contributed by atoms with van der Waals surface area (Å²) in [4.78, 5) is 0. The molecule has 2 nitrogen and oxygen atoms in total. The van der Waals surface area contributed by atoms with Gasteiger partial charge in [-0.2, -0.15) is 0 Å². The van der Waals surface area contributed by atoms with E-state index in [-0.39, 0.29) is 11.3 Å². The van der Waals surface area contributed by atoms with E-state index in [1.807, 2.05) is 0 Å². The standard InChI is InChI=1S/C11H9F2NO/c12-9-3-4-10(11(13)8(9)7-15)14-5-1-2-6-14/h1-6,15H,7H2. The maximum atomic E-state index is 13.7. The van der Waals surface area contributed by atoms with Gasteiger partial charge in [-0.3, -0.25) is 0 Å². The number of nitrogens with zero attached hydrogens (tertiary/aromatic N) is 1. The third kappa shape index (κ3) is 1.64. The van der Waals surface area contributed by atoms with Gasteiger partial charge >= 0.3 is 0 Å². The Kier molecular flexibility index (Phi) is 2.51. The van der Waals surface area contributed by atoms with Gasteiger partial charge in [0.15, 0.2) is 5.82 Å². The van der Waals surface area contributed by atoms with Crippen LogP contribution >= 0.6 is 0 Å². The summed E-state index contributed by atoms with van der Waals surface area (Å²) in [5.41, 5.74) is -0.0772. The first kappa shape index (κ1) is 9.86. The van der Waals surface area contributed by atoms with Crippen LogP contribution in [0, 0.1) is 11.6 Å². The second kappa shape index (κ2) is 3.82. The highest BCUT2D eigenvalue weighted by atomic mass is 19.1. The predicted molar refractivity (Wildman–Crippen MR) is 51.6 cm³/mol. The predicted octanol–water partition coefficient (Wildman–Crippen LogP) is 2.25. The van der Waals surface area contributed by atoms with Crippen molar-refractivity contribution in [3.63, 3.8) is 0 Å². The third-order valence-electron chi connectivity index (χ3n) is 2.21. The molecule has 78 valence electrons. The van der Waals surface area contributed by atoms with E-state index in [0.717, 1.165) is 6.07 Å². The van der Waals surface area contributed by atoms with E-state index in [1.54, 1.807) is 24.5 Å². The maximum absolute atomic E-state index is 13.7. The van der Waals surface area contributed by atoms with Gasteiger partial charge in [-0.05, 0) is 24.3 Å². The van der Waals surface area contributed by atoms with E-state index in [0.29, 0.717) is 0 Å². The fourth-order valence-electron chi connectivity index (χ4n) is 1.42. The van der Waals surface area contributed by atoms with Crippen molar-refractivity contribution in [3.8, 4) is 5.69 Å². The molecule has 0 unspecified atom stereocenters. The van der Waals surface area contributed by atoms with Crippen molar-refractivity contribution in [2.45, 2.75) is 6.61 Å². The number of aliphatic hydroxyl groups is 1. The summed E-state index contributed by atoms with van der Waals surface area (Å²) >= 11 is 0. The Morgan fingerprint density at radius 1 is 1.13 bits per heavy atom. The van der Waals surface area contributed by atoms with Gasteiger partial charge in [0.2, 0.25) is 0 Å². The zero-order valence-corrected chi connectivity index (χ0v) is 7.82. The van der Waals surface area contributed by atoms with Crippen LogP contribution in [0.1, 0.15) is 5.56 Å². The Morgan fingerprint density at radius 2 is 1.80 bits per heavy atom. The maximum Gasteiger partial charge on any atom is 0.155 e. The fourth-order valence-corrected chi connectivity index (χ4v) is 1.42. The molecule has 0 radical (unpaired) electrons. The Hall–Kier alpha value is -1.68. The Morgan fingerprint density at radius 3 is 2.40 bits per heavy atom. The molecular formula is C11H9F2NO. The zero-order chi connectivity index (χ0) is 10.8. The minimum atomic E-state index is -0.731. The average molecular weight is 209 g/mol. The van der Waals surface area contributed by atoms with Crippen molar-refractivity contribution in [1.82, 2.24) is 4.57 Å². The highest BCUT2D eigenvalue weighted by Gasteiger charge is 2.13. The van der Waals surface area contributed by atoms with Gasteiger partial charge in [-0.15, -0.1) is 0 Å². The van der Waals surface area contributed by atoms with Gasteiger partial charge in [-0.1, -0.05) is 0 Å². The lowest BCUT2D eigenvalue weighted by atomic mass is 10.2. The molecule has 0 aliphatic rings. The molecule has 1 aromatic heterocycles. The second-order valence-electron chi connectivity index (χ2n) is 3.11. The zero-order valence-electron chi connectivity index (χ0n) is 7.82. The summed E-state index contributed by atoms with van der Waals surface area (Å²) in [7, 11) is 0. The molecule has 2 rings (SSSR count). The van der Waals surface area contributed by atoms with Crippen LogP contribution in [0.2, 0.25) is 0 Å². The first-order valence-electron chi connectivity index (χ1n) is 4.45. The van der Waals surface area contributed by atoms with Crippen molar-refractivity contribution in [2.24, 2.45) is 0 Å². The van der Waals surface area contributed by atoms with Gasteiger partial charge in [0.25, 0.3) is 0 Å². The van der Waals surface area contributed by atoms with Crippen LogP contribution in [0.15, 0.2) is 36.7 Å². The normalized spacial score (nSPS) is 10.6. The van der Waals surface area contributed by atoms with Gasteiger partial charge in [0.1, 0.15) is 5.82 Å². The van der Waals surface area contributed by atoms with E-state index >= 15 is 0 Å². The topological polar surface area (TPSA) is 25.2 Å². The smallest absolute Gasteiger partial charge is 0.155 e. The Bertz CT molecular complexity index is 466. The van der Waals surface area contributed by atoms with Crippen LogP contribution in [-0.2, 0) is 6.61 Å². The first-order chi connectivity index (χ1) is 7.24. The second-order valence-corrected chi connectivity index (χ2v) is 3.11. The van der Waals surface area contributed by atoms with Crippen LogP contribution in [0.25, 0.3) is 5.69 Å². The van der Waals surface area contributed by atoms with Gasteiger partial charge in [0, 0.05) is 12.4 Å². The molecule has 0 saturated carbocycles. The molecule has 15 heavy (non-hydrogen) atoms. The van der Waals surface area contributed by atoms with Crippen molar-refractivity contribution in [1.29, 1.82) is 0 Å². The highest BCUT2D eigenvalue weighted by molar-refractivity contribution is 5.39. The van der Waals surface area contributed by atoms with Crippen LogP contribution in [0.5, 0.6) is 0 Å². The SMILES string of the molecule is OCc1c(F)ccc(-n2cccc2)c1F. The number of hydrogen-bond acceptors (Lipinski definition) is 1. The Balaban J connectivity index is 2.60. The van der Waals surface area contributed by atoms with E-state index in [2.05, 4.69) is 0 Å².